The van der Waals surface area contributed by atoms with Crippen molar-refractivity contribution in [3.63, 3.8) is 0 Å². The Labute approximate surface area is 249 Å². The summed E-state index contributed by atoms with van der Waals surface area (Å²) in [6, 6.07) is 0.562. The van der Waals surface area contributed by atoms with Gasteiger partial charge in [0, 0.05) is 54.9 Å². The molecule has 0 rings (SSSR count). The van der Waals surface area contributed by atoms with Gasteiger partial charge in [-0.1, -0.05) is 31.5 Å². The molecule has 0 fully saturated rings. The van der Waals surface area contributed by atoms with E-state index in [0.29, 0.717) is 38.8 Å². The van der Waals surface area contributed by atoms with Crippen LogP contribution in [0, 0.1) is 5.41 Å². The zero-order valence-electron chi connectivity index (χ0n) is 25.4. The molecule has 41 heavy (non-hydrogen) atoms. The Balaban J connectivity index is 5.37. The minimum Gasteiger partial charge on any atom is -0.461 e. The SMILES string of the molecule is C=C(C)C(=O)OCC(CCSC(=O)NCCC[Si](OCC)(OCC)OCC)(COC(=O)C(=C)C)COC(=O)C(=C)C. The molecule has 0 atom stereocenters. The molecule has 0 aromatic heterocycles. The van der Waals surface area contributed by atoms with Gasteiger partial charge in [-0.3, -0.25) is 4.79 Å². The molecule has 0 heterocycles. The lowest BCUT2D eigenvalue weighted by Gasteiger charge is -2.32. The van der Waals surface area contributed by atoms with E-state index in [1.54, 1.807) is 0 Å². The van der Waals surface area contributed by atoms with Crippen molar-refractivity contribution in [2.75, 3.05) is 51.9 Å². The van der Waals surface area contributed by atoms with Crippen molar-refractivity contribution >= 4 is 43.7 Å². The van der Waals surface area contributed by atoms with Crippen LogP contribution in [-0.2, 0) is 41.9 Å². The number of amides is 1. The minimum atomic E-state index is -2.80. The van der Waals surface area contributed by atoms with E-state index in [-0.39, 0.29) is 54.0 Å². The first-order valence-electron chi connectivity index (χ1n) is 13.6. The van der Waals surface area contributed by atoms with Crippen LogP contribution in [0.1, 0.15) is 54.4 Å². The maximum atomic E-state index is 12.6. The number of thioether (sulfide) groups is 1. The average molecular weight is 618 g/mol. The van der Waals surface area contributed by atoms with E-state index in [9.17, 15) is 19.2 Å². The third-order valence-electron chi connectivity index (χ3n) is 5.46. The smallest absolute Gasteiger partial charge is 0.461 e. The fourth-order valence-corrected chi connectivity index (χ4v) is 6.81. The number of carbonyl (C=O) groups excluding carboxylic acids is 4. The number of hydrogen-bond donors (Lipinski definition) is 1. The Morgan fingerprint density at radius 1 is 0.732 bits per heavy atom. The van der Waals surface area contributed by atoms with Crippen molar-refractivity contribution in [1.82, 2.24) is 5.32 Å². The minimum absolute atomic E-state index is 0.176. The van der Waals surface area contributed by atoms with Gasteiger partial charge < -0.3 is 32.8 Å². The van der Waals surface area contributed by atoms with E-state index in [2.05, 4.69) is 25.1 Å². The summed E-state index contributed by atoms with van der Waals surface area (Å²) in [5.74, 6) is -1.70. The van der Waals surface area contributed by atoms with Gasteiger partial charge in [0.15, 0.2) is 0 Å². The molecule has 234 valence electrons. The zero-order valence-corrected chi connectivity index (χ0v) is 27.2. The molecular formula is C28H47NO10SSi. The molecule has 13 heteroatoms. The van der Waals surface area contributed by atoms with Gasteiger partial charge in [-0.2, -0.15) is 0 Å². The summed E-state index contributed by atoms with van der Waals surface area (Å²) in [7, 11) is -2.80. The van der Waals surface area contributed by atoms with Gasteiger partial charge in [-0.15, -0.1) is 0 Å². The molecule has 1 amide bonds. The fourth-order valence-electron chi connectivity index (χ4n) is 3.27. The van der Waals surface area contributed by atoms with Gasteiger partial charge in [-0.25, -0.2) is 14.4 Å². The average Bonchev–Trinajstić information content (AvgIpc) is 2.91. The lowest BCUT2D eigenvalue weighted by molar-refractivity contribution is -0.157. The van der Waals surface area contributed by atoms with Crippen LogP contribution < -0.4 is 5.32 Å². The molecule has 0 saturated carbocycles. The second-order valence-corrected chi connectivity index (χ2v) is 13.3. The molecule has 0 saturated heterocycles. The third-order valence-corrected chi connectivity index (χ3v) is 9.43. The summed E-state index contributed by atoms with van der Waals surface area (Å²) in [5, 5.41) is 2.58. The number of hydrogen-bond acceptors (Lipinski definition) is 11. The predicted molar refractivity (Wildman–Crippen MR) is 160 cm³/mol. The van der Waals surface area contributed by atoms with Crippen LogP contribution in [0.15, 0.2) is 36.5 Å². The molecule has 11 nitrogen and oxygen atoms in total. The topological polar surface area (TPSA) is 136 Å². The van der Waals surface area contributed by atoms with Gasteiger partial charge in [-0.05, 0) is 54.4 Å². The molecular weight excluding hydrogens is 570 g/mol. The summed E-state index contributed by atoms with van der Waals surface area (Å²) >= 11 is 1.01. The van der Waals surface area contributed by atoms with Crippen LogP contribution in [0.3, 0.4) is 0 Å². The Hall–Kier alpha value is -2.45. The molecule has 0 spiro atoms. The van der Waals surface area contributed by atoms with Crippen molar-refractivity contribution in [3.8, 4) is 0 Å². The van der Waals surface area contributed by atoms with Crippen molar-refractivity contribution in [1.29, 1.82) is 0 Å². The quantitative estimate of drug-likeness (QED) is 0.0600. The van der Waals surface area contributed by atoms with Gasteiger partial charge >= 0.3 is 26.7 Å². The summed E-state index contributed by atoms with van der Waals surface area (Å²) in [6.07, 6.45) is 0.809. The molecule has 0 unspecified atom stereocenters. The Morgan fingerprint density at radius 3 is 1.46 bits per heavy atom. The highest BCUT2D eigenvalue weighted by Crippen LogP contribution is 2.28. The molecule has 1 N–H and O–H groups in total. The second-order valence-electron chi connectivity index (χ2n) is 9.47. The highest BCUT2D eigenvalue weighted by atomic mass is 32.2. The molecule has 0 aromatic carbocycles. The predicted octanol–water partition coefficient (Wildman–Crippen LogP) is 4.60. The maximum absolute atomic E-state index is 12.6. The van der Waals surface area contributed by atoms with Crippen LogP contribution in [0.5, 0.6) is 0 Å². The van der Waals surface area contributed by atoms with E-state index in [4.69, 9.17) is 27.5 Å². The number of ether oxygens (including phenoxy) is 3. The summed E-state index contributed by atoms with van der Waals surface area (Å²) in [5.41, 5.74) is -0.603. The first kappa shape index (κ1) is 38.5. The first-order valence-corrected chi connectivity index (χ1v) is 16.5. The van der Waals surface area contributed by atoms with Crippen molar-refractivity contribution < 1.29 is 46.7 Å². The number of rotatable bonds is 22. The fraction of sp³-hybridized carbons (Fsp3) is 0.643. The van der Waals surface area contributed by atoms with E-state index in [1.807, 2.05) is 20.8 Å². The molecule has 0 bridgehead atoms. The molecule has 0 aliphatic heterocycles. The summed E-state index contributed by atoms with van der Waals surface area (Å²) < 4.78 is 33.6. The van der Waals surface area contributed by atoms with Crippen LogP contribution in [0.2, 0.25) is 6.04 Å². The van der Waals surface area contributed by atoms with Crippen LogP contribution in [0.4, 0.5) is 4.79 Å². The lowest BCUT2D eigenvalue weighted by atomic mass is 9.87. The van der Waals surface area contributed by atoms with E-state index >= 15 is 0 Å². The molecule has 0 aliphatic carbocycles. The third kappa shape index (κ3) is 15.9. The van der Waals surface area contributed by atoms with Gasteiger partial charge in [0.25, 0.3) is 5.24 Å². The Bertz CT molecular complexity index is 832. The van der Waals surface area contributed by atoms with Crippen LogP contribution >= 0.6 is 11.8 Å². The van der Waals surface area contributed by atoms with E-state index in [0.717, 1.165) is 11.8 Å². The first-order chi connectivity index (χ1) is 19.3. The normalized spacial score (nSPS) is 11.4. The highest BCUT2D eigenvalue weighted by molar-refractivity contribution is 8.13. The van der Waals surface area contributed by atoms with Crippen LogP contribution in [-0.4, -0.2) is 83.9 Å². The number of esters is 3. The van der Waals surface area contributed by atoms with Gasteiger partial charge in [0.05, 0.1) is 5.41 Å². The van der Waals surface area contributed by atoms with Gasteiger partial charge in [0.1, 0.15) is 19.8 Å². The van der Waals surface area contributed by atoms with E-state index in [1.165, 1.54) is 20.8 Å². The number of nitrogens with one attached hydrogen (secondary N) is 1. The van der Waals surface area contributed by atoms with E-state index < -0.39 is 32.1 Å². The molecule has 0 radical (unpaired) electrons. The highest BCUT2D eigenvalue weighted by Gasteiger charge is 2.40. The van der Waals surface area contributed by atoms with Gasteiger partial charge in [0.2, 0.25) is 0 Å². The Morgan fingerprint density at radius 2 is 1.12 bits per heavy atom. The summed E-state index contributed by atoms with van der Waals surface area (Å²) in [4.78, 5) is 49.0. The molecule has 0 aromatic rings. The summed E-state index contributed by atoms with van der Waals surface area (Å²) in [6.45, 7) is 21.9. The lowest BCUT2D eigenvalue weighted by Crippen LogP contribution is -2.46. The van der Waals surface area contributed by atoms with Crippen molar-refractivity contribution in [2.45, 2.75) is 60.4 Å². The largest absolute Gasteiger partial charge is 0.500 e. The second kappa shape index (κ2) is 20.4. The van der Waals surface area contributed by atoms with Crippen molar-refractivity contribution in [3.05, 3.63) is 36.5 Å². The van der Waals surface area contributed by atoms with Crippen LogP contribution in [0.25, 0.3) is 0 Å². The Kier molecular flexibility index (Phi) is 19.2. The molecule has 0 aliphatic rings. The monoisotopic (exact) mass is 617 g/mol. The maximum Gasteiger partial charge on any atom is 0.500 e. The number of carbonyl (C=O) groups is 4. The zero-order chi connectivity index (χ0) is 31.5. The van der Waals surface area contributed by atoms with Crippen molar-refractivity contribution in [2.24, 2.45) is 5.41 Å². The standard InChI is InChI=1S/C28H47NO10SSi/c1-10-37-41(38-11-2,39-12-3)17-13-15-29-27(33)40-16-14-28(18-34-24(30)21(4)5,19-35-25(31)22(6)7)20-36-26(32)23(8)9/h4,6,8,10-20H2,1-3,5,7,9H3,(H,29,33).